The van der Waals surface area contributed by atoms with Crippen LogP contribution >= 0.6 is 11.6 Å². The first kappa shape index (κ1) is 61.4. The van der Waals surface area contributed by atoms with Crippen LogP contribution in [0.15, 0.2) is 139 Å². The third-order valence-electron chi connectivity index (χ3n) is 15.5. The Morgan fingerprint density at radius 3 is 2.28 bits per heavy atom. The van der Waals surface area contributed by atoms with Crippen LogP contribution in [0.4, 0.5) is 18.9 Å². The summed E-state index contributed by atoms with van der Waals surface area (Å²) >= 11 is 6.43. The zero-order valence-corrected chi connectivity index (χ0v) is 49.4. The number of aryl methyl sites for hydroxylation is 2. The number of carbonyl (C=O) groups is 3. The molecular weight excluding hydrogens is 1100 g/mol. The lowest BCUT2D eigenvalue weighted by molar-refractivity contribution is -0.137. The number of aromatic nitrogens is 5. The van der Waals surface area contributed by atoms with E-state index in [-0.39, 0.29) is 41.1 Å². The quantitative estimate of drug-likeness (QED) is 0.0471. The van der Waals surface area contributed by atoms with Crippen molar-refractivity contribution < 1.29 is 27.6 Å². The molecule has 1 fully saturated rings. The van der Waals surface area contributed by atoms with Gasteiger partial charge < -0.3 is 20.4 Å². The van der Waals surface area contributed by atoms with Crippen molar-refractivity contribution in [2.24, 2.45) is 5.92 Å². The smallest absolute Gasteiger partial charge is 0.356 e. The molecule has 0 spiro atoms. The SMILES string of the molecule is CCc1ccc(C(=O)Nc2cc(CN3CCN(CCCCCCCC(=O)NCCCN(C(=O)c4ccc(C)cc4)[C@@H](c4nc5cc(Cl)ccc5c(=O)n4Cc4ccccc4)C(C)C)CC3)cc(C(F)(F)F)c2)cc1C#Cc1cnc2ccnn2c1. The predicted octanol–water partition coefficient (Wildman–Crippen LogP) is 12.2. The van der Waals surface area contributed by atoms with E-state index in [0.29, 0.717) is 102 Å². The number of hydrogen-bond donors (Lipinski definition) is 2. The number of nitrogens with one attached hydrogen (secondary N) is 2. The first-order chi connectivity index (χ1) is 41.0. The van der Waals surface area contributed by atoms with Gasteiger partial charge in [-0.2, -0.15) is 18.3 Å². The summed E-state index contributed by atoms with van der Waals surface area (Å²) in [5.74, 6) is 5.77. The predicted molar refractivity (Wildman–Crippen MR) is 328 cm³/mol. The average molecular weight is 1170 g/mol. The Bertz CT molecular complexity index is 3750. The Morgan fingerprint density at radius 2 is 1.53 bits per heavy atom. The number of piperazine rings is 1. The molecule has 18 heteroatoms. The number of nitrogens with zero attached hydrogens (tertiary/aromatic N) is 8. The summed E-state index contributed by atoms with van der Waals surface area (Å²) in [5, 5.41) is 10.9. The Balaban J connectivity index is 0.720. The molecule has 3 amide bonds. The monoisotopic (exact) mass is 1170 g/mol. The Labute approximate surface area is 499 Å². The van der Waals surface area contributed by atoms with Crippen LogP contribution in [0.25, 0.3) is 16.6 Å². The average Bonchev–Trinajstić information content (AvgIpc) is 1.74. The largest absolute Gasteiger partial charge is 0.416 e. The molecule has 2 N–H and O–H groups in total. The first-order valence-electron chi connectivity index (χ1n) is 29.3. The van der Waals surface area contributed by atoms with Crippen molar-refractivity contribution in [3.8, 4) is 11.8 Å². The van der Waals surface area contributed by atoms with Crippen molar-refractivity contribution in [3.05, 3.63) is 205 Å². The minimum absolute atomic E-state index is 0.0428. The lowest BCUT2D eigenvalue weighted by Gasteiger charge is -2.35. The highest BCUT2D eigenvalue weighted by Gasteiger charge is 2.34. The van der Waals surface area contributed by atoms with E-state index in [9.17, 15) is 32.3 Å². The maximum Gasteiger partial charge on any atom is 0.416 e. The molecule has 3 aromatic heterocycles. The van der Waals surface area contributed by atoms with Crippen molar-refractivity contribution >= 4 is 51.6 Å². The van der Waals surface area contributed by atoms with Gasteiger partial charge in [-0.3, -0.25) is 28.6 Å². The third-order valence-corrected chi connectivity index (χ3v) is 15.7. The van der Waals surface area contributed by atoms with Crippen LogP contribution in [0.5, 0.6) is 0 Å². The molecule has 0 bridgehead atoms. The summed E-state index contributed by atoms with van der Waals surface area (Å²) in [7, 11) is 0. The van der Waals surface area contributed by atoms with Gasteiger partial charge in [-0.15, -0.1) is 0 Å². The second kappa shape index (κ2) is 28.6. The first-order valence-corrected chi connectivity index (χ1v) is 29.7. The van der Waals surface area contributed by atoms with Crippen molar-refractivity contribution in [1.29, 1.82) is 0 Å². The minimum atomic E-state index is -4.61. The number of rotatable bonds is 23. The third kappa shape index (κ3) is 16.4. The number of benzene rings is 5. The fourth-order valence-corrected chi connectivity index (χ4v) is 11.1. The number of amides is 3. The van der Waals surface area contributed by atoms with Gasteiger partial charge in [-0.05, 0) is 122 Å². The van der Waals surface area contributed by atoms with Gasteiger partial charge in [0, 0.05) is 98.1 Å². The van der Waals surface area contributed by atoms with Crippen LogP contribution in [-0.2, 0) is 30.5 Å². The zero-order valence-electron chi connectivity index (χ0n) is 48.6. The summed E-state index contributed by atoms with van der Waals surface area (Å²) in [6.45, 7) is 13.1. The van der Waals surface area contributed by atoms with Gasteiger partial charge in [-0.25, -0.2) is 14.5 Å². The van der Waals surface area contributed by atoms with Gasteiger partial charge in [0.2, 0.25) is 5.91 Å². The molecular formula is C67H72ClF3N10O4. The van der Waals surface area contributed by atoms with Crippen LogP contribution in [0.1, 0.15) is 137 Å². The minimum Gasteiger partial charge on any atom is -0.356 e. The van der Waals surface area contributed by atoms with Crippen LogP contribution in [-0.4, -0.2) is 102 Å². The standard InChI is InChI=1S/C67H72ClF3N10O4/c1-5-51-24-25-54(39-53(51)23-20-49-42-73-60-28-30-74-81(60)45-49)64(83)75-57-38-50(37-55(40-57)67(69,70)71)43-78-35-33-77(34-36-78)31-13-8-6-7-12-17-61(82)72-29-14-32-79(65(84)52-21-18-47(4)19-22-52)62(46(2)3)63-76-59-41-56(68)26-27-58(59)66(85)80(63)44-48-15-10-9-11-16-48/h9-11,15-16,18-19,21-22,24-28,30,37-42,45-46,62H,5-8,12-14,17,29,31-36,43-44H2,1-4H3,(H,72,82)(H,75,83)/t62-/m1/s1. The highest BCUT2D eigenvalue weighted by atomic mass is 35.5. The van der Waals surface area contributed by atoms with E-state index in [2.05, 4.69) is 42.4 Å². The van der Waals surface area contributed by atoms with Gasteiger partial charge >= 0.3 is 6.18 Å². The number of hydrogen-bond acceptors (Lipinski definition) is 9. The molecule has 1 atom stereocenters. The Hall–Kier alpha value is -8.17. The van der Waals surface area contributed by atoms with Gasteiger partial charge in [0.1, 0.15) is 5.82 Å². The second-order valence-corrected chi connectivity index (χ2v) is 22.7. The zero-order chi connectivity index (χ0) is 60.0. The number of carbonyl (C=O) groups excluding carboxylic acids is 3. The van der Waals surface area contributed by atoms with E-state index in [4.69, 9.17) is 16.6 Å². The van der Waals surface area contributed by atoms with E-state index >= 15 is 0 Å². The van der Waals surface area contributed by atoms with Crippen LogP contribution < -0.4 is 16.2 Å². The molecule has 1 saturated heterocycles. The van der Waals surface area contributed by atoms with E-state index in [1.54, 1.807) is 75.0 Å². The molecule has 8 aromatic rings. The molecule has 14 nitrogen and oxygen atoms in total. The maximum absolute atomic E-state index is 14.6. The van der Waals surface area contributed by atoms with Crippen molar-refractivity contribution in [2.75, 3.05) is 51.1 Å². The number of anilines is 1. The van der Waals surface area contributed by atoms with Crippen LogP contribution in [0.3, 0.4) is 0 Å². The fourth-order valence-electron chi connectivity index (χ4n) is 10.9. The highest BCUT2D eigenvalue weighted by molar-refractivity contribution is 6.31. The van der Waals surface area contributed by atoms with Crippen molar-refractivity contribution in [2.45, 2.75) is 104 Å². The molecule has 4 heterocycles. The van der Waals surface area contributed by atoms with Crippen LogP contribution in [0.2, 0.25) is 5.02 Å². The second-order valence-electron chi connectivity index (χ2n) is 22.2. The van der Waals surface area contributed by atoms with Gasteiger partial charge in [0.25, 0.3) is 17.4 Å². The molecule has 1 aliphatic heterocycles. The van der Waals surface area contributed by atoms with Crippen LogP contribution in [0, 0.1) is 24.7 Å². The van der Waals surface area contributed by atoms with Crippen molar-refractivity contribution in [3.63, 3.8) is 0 Å². The molecule has 5 aromatic carbocycles. The molecule has 0 radical (unpaired) electrons. The Kier molecular flexibility index (Phi) is 20.7. The summed E-state index contributed by atoms with van der Waals surface area (Å²) in [5.41, 5.74) is 5.56. The van der Waals surface area contributed by atoms with E-state index in [1.165, 1.54) is 0 Å². The summed E-state index contributed by atoms with van der Waals surface area (Å²) in [6.07, 6.45) is 6.65. The topological polar surface area (TPSA) is 150 Å². The van der Waals surface area contributed by atoms with Gasteiger partial charge in [-0.1, -0.05) is 118 Å². The summed E-state index contributed by atoms with van der Waals surface area (Å²) < 4.78 is 46.0. The van der Waals surface area contributed by atoms with E-state index in [1.807, 2.05) is 88.4 Å². The molecule has 0 aliphatic carbocycles. The number of fused-ring (bicyclic) bond motifs is 2. The Morgan fingerprint density at radius 1 is 0.788 bits per heavy atom. The molecule has 1 aliphatic rings. The maximum atomic E-state index is 14.6. The molecule has 9 rings (SSSR count). The number of unbranched alkanes of at least 4 members (excludes halogenated alkanes) is 4. The highest BCUT2D eigenvalue weighted by Crippen LogP contribution is 2.34. The molecule has 85 heavy (non-hydrogen) atoms. The van der Waals surface area contributed by atoms with E-state index in [0.717, 1.165) is 80.6 Å². The number of alkyl halides is 3. The summed E-state index contributed by atoms with van der Waals surface area (Å²) in [4.78, 5) is 71.4. The lowest BCUT2D eigenvalue weighted by atomic mass is 9.98. The normalized spacial score (nSPS) is 13.4. The molecule has 0 saturated carbocycles. The van der Waals surface area contributed by atoms with E-state index < -0.39 is 23.7 Å². The molecule has 442 valence electrons. The van der Waals surface area contributed by atoms with Gasteiger partial charge in [0.05, 0.1) is 40.8 Å². The molecule has 0 unspecified atom stereocenters. The summed E-state index contributed by atoms with van der Waals surface area (Å²) in [6, 6.07) is 32.3. The van der Waals surface area contributed by atoms with Crippen molar-refractivity contribution in [1.82, 2.24) is 44.2 Å². The van der Waals surface area contributed by atoms with Gasteiger partial charge in [0.15, 0.2) is 5.65 Å². The number of halogens is 4. The lowest BCUT2D eigenvalue weighted by Crippen LogP contribution is -2.46. The fraction of sp³-hybridized carbons (Fsp3) is 0.358.